The van der Waals surface area contributed by atoms with Crippen molar-refractivity contribution < 1.29 is 14.3 Å². The highest BCUT2D eigenvalue weighted by atomic mass is 16.5. The molecule has 0 radical (unpaired) electrons. The number of nitrogens with one attached hydrogen (secondary N) is 3. The number of benzene rings is 3. The van der Waals surface area contributed by atoms with Crippen LogP contribution in [-0.2, 0) is 6.61 Å². The Morgan fingerprint density at radius 1 is 0.788 bits per heavy atom. The summed E-state index contributed by atoms with van der Waals surface area (Å²) in [6.45, 7) is 0.456. The van der Waals surface area contributed by atoms with Gasteiger partial charge in [-0.25, -0.2) is 0 Å². The molecule has 3 aromatic heterocycles. The molecule has 158 valence electrons. The minimum atomic E-state index is -0.385. The predicted octanol–water partition coefficient (Wildman–Crippen LogP) is 4.81. The first-order valence-electron chi connectivity index (χ1n) is 10.6. The monoisotopic (exact) mass is 432 g/mol. The van der Waals surface area contributed by atoms with Gasteiger partial charge in [0.25, 0.3) is 11.8 Å². The van der Waals surface area contributed by atoms with Crippen LogP contribution in [0.5, 0.6) is 5.75 Å². The third-order valence-electron chi connectivity index (χ3n) is 6.30. The summed E-state index contributed by atoms with van der Waals surface area (Å²) in [6, 6.07) is 17.6. The summed E-state index contributed by atoms with van der Waals surface area (Å²) in [6.07, 6.45) is 3.41. The molecular formula is C26H16N4O3. The van der Waals surface area contributed by atoms with Gasteiger partial charge in [0.05, 0.1) is 27.7 Å². The van der Waals surface area contributed by atoms with Crippen molar-refractivity contribution in [3.63, 3.8) is 0 Å². The van der Waals surface area contributed by atoms with Crippen molar-refractivity contribution in [3.05, 3.63) is 83.7 Å². The van der Waals surface area contributed by atoms with Crippen molar-refractivity contribution in [2.75, 3.05) is 0 Å². The van der Waals surface area contributed by atoms with E-state index in [9.17, 15) is 9.59 Å². The molecule has 0 aliphatic carbocycles. The van der Waals surface area contributed by atoms with Crippen LogP contribution >= 0.6 is 0 Å². The van der Waals surface area contributed by atoms with Crippen molar-refractivity contribution in [1.82, 2.24) is 20.3 Å². The number of amides is 2. The van der Waals surface area contributed by atoms with E-state index in [0.717, 1.165) is 43.8 Å². The molecule has 7 heteroatoms. The fourth-order valence-electron chi connectivity index (χ4n) is 4.87. The second kappa shape index (κ2) is 6.43. The highest BCUT2D eigenvalue weighted by Gasteiger charge is 2.34. The van der Waals surface area contributed by atoms with Crippen LogP contribution in [0.15, 0.2) is 67.0 Å². The number of carbonyl (C=O) groups is 2. The summed E-state index contributed by atoms with van der Waals surface area (Å²) in [5.41, 5.74) is 5.11. The first-order valence-corrected chi connectivity index (χ1v) is 10.6. The molecule has 0 saturated heterocycles. The molecule has 2 amide bonds. The summed E-state index contributed by atoms with van der Waals surface area (Å²) in [7, 11) is 0. The van der Waals surface area contributed by atoms with E-state index in [4.69, 9.17) is 4.74 Å². The van der Waals surface area contributed by atoms with Crippen LogP contribution < -0.4 is 10.1 Å². The fourth-order valence-corrected chi connectivity index (χ4v) is 4.87. The molecule has 1 aliphatic heterocycles. The van der Waals surface area contributed by atoms with Crippen LogP contribution in [0.3, 0.4) is 0 Å². The SMILES string of the molecule is O=C1NC(=O)c2c1c1c3ccc(OCc4ccccc4)cc3[nH]c1c1[nH]c3ccncc3c21. The van der Waals surface area contributed by atoms with Gasteiger partial charge in [-0.1, -0.05) is 30.3 Å². The summed E-state index contributed by atoms with van der Waals surface area (Å²) in [4.78, 5) is 36.8. The van der Waals surface area contributed by atoms with Gasteiger partial charge < -0.3 is 14.7 Å². The normalized spacial score (nSPS) is 13.3. The number of aromatic amines is 2. The van der Waals surface area contributed by atoms with Crippen molar-refractivity contribution >= 4 is 55.4 Å². The van der Waals surface area contributed by atoms with E-state index in [-0.39, 0.29) is 11.8 Å². The van der Waals surface area contributed by atoms with E-state index in [1.165, 1.54) is 0 Å². The molecule has 6 aromatic rings. The maximum Gasteiger partial charge on any atom is 0.259 e. The third-order valence-corrected chi connectivity index (χ3v) is 6.30. The number of hydrogen-bond acceptors (Lipinski definition) is 4. The van der Waals surface area contributed by atoms with E-state index < -0.39 is 0 Å². The zero-order valence-electron chi connectivity index (χ0n) is 17.2. The van der Waals surface area contributed by atoms with Gasteiger partial charge in [-0.3, -0.25) is 19.9 Å². The Hall–Kier alpha value is -4.65. The molecule has 0 fully saturated rings. The number of carbonyl (C=O) groups excluding carboxylic acids is 2. The van der Waals surface area contributed by atoms with Gasteiger partial charge in [0.1, 0.15) is 12.4 Å². The molecule has 0 spiro atoms. The van der Waals surface area contributed by atoms with Gasteiger partial charge in [-0.15, -0.1) is 0 Å². The highest BCUT2D eigenvalue weighted by Crippen LogP contribution is 2.42. The van der Waals surface area contributed by atoms with Crippen LogP contribution in [0, 0.1) is 0 Å². The summed E-state index contributed by atoms with van der Waals surface area (Å²) in [5, 5.41) is 5.57. The Morgan fingerprint density at radius 3 is 2.30 bits per heavy atom. The van der Waals surface area contributed by atoms with Crippen molar-refractivity contribution in [1.29, 1.82) is 0 Å². The number of H-pyrrole nitrogens is 2. The topological polar surface area (TPSA) is 99.9 Å². The molecule has 1 aliphatic rings. The smallest absolute Gasteiger partial charge is 0.259 e. The molecule has 0 bridgehead atoms. The molecule has 7 nitrogen and oxygen atoms in total. The molecule has 0 unspecified atom stereocenters. The lowest BCUT2D eigenvalue weighted by atomic mass is 9.97. The summed E-state index contributed by atoms with van der Waals surface area (Å²) >= 11 is 0. The Kier molecular flexibility index (Phi) is 3.50. The molecular weight excluding hydrogens is 416 g/mol. The van der Waals surface area contributed by atoms with Crippen LogP contribution in [0.2, 0.25) is 0 Å². The van der Waals surface area contributed by atoms with Crippen molar-refractivity contribution in [2.45, 2.75) is 6.61 Å². The number of ether oxygens (including phenoxy) is 1. The van der Waals surface area contributed by atoms with Crippen molar-refractivity contribution in [3.8, 4) is 5.75 Å². The molecule has 3 N–H and O–H groups in total. The van der Waals surface area contributed by atoms with Gasteiger partial charge in [0.15, 0.2) is 0 Å². The molecule has 4 heterocycles. The molecule has 0 atom stereocenters. The Balaban J connectivity index is 1.49. The maximum atomic E-state index is 12.9. The number of hydrogen-bond donors (Lipinski definition) is 3. The van der Waals surface area contributed by atoms with Gasteiger partial charge in [0, 0.05) is 45.5 Å². The zero-order valence-corrected chi connectivity index (χ0v) is 17.2. The number of nitrogens with zero attached hydrogens (tertiary/aromatic N) is 1. The van der Waals surface area contributed by atoms with Gasteiger partial charge in [-0.2, -0.15) is 0 Å². The third kappa shape index (κ3) is 2.47. The quantitative estimate of drug-likeness (QED) is 0.349. The molecule has 33 heavy (non-hydrogen) atoms. The van der Waals surface area contributed by atoms with E-state index in [2.05, 4.69) is 20.3 Å². The van der Waals surface area contributed by atoms with Crippen molar-refractivity contribution in [2.24, 2.45) is 0 Å². The van der Waals surface area contributed by atoms with Gasteiger partial charge in [-0.05, 0) is 23.8 Å². The molecule has 3 aromatic carbocycles. The number of aromatic nitrogens is 3. The predicted molar refractivity (Wildman–Crippen MR) is 126 cm³/mol. The average molecular weight is 432 g/mol. The lowest BCUT2D eigenvalue weighted by molar-refractivity contribution is 0.0880. The first kappa shape index (κ1) is 18.0. The minimum absolute atomic E-state index is 0.384. The standard InChI is InChI=1S/C26H16N4O3/c31-25-21-19-15-7-6-14(33-12-13-4-2-1-3-5-13)10-18(15)29-23(19)24-20(22(21)26(32)30-25)16-11-27-9-8-17(16)28-24/h1-11,28-29H,12H2,(H,30,31,32). The van der Waals surface area contributed by atoms with Crippen LogP contribution in [0.4, 0.5) is 0 Å². The second-order valence-electron chi connectivity index (χ2n) is 8.19. The Bertz CT molecular complexity index is 1780. The van der Waals surface area contributed by atoms with Crippen LogP contribution in [0.1, 0.15) is 26.3 Å². The van der Waals surface area contributed by atoms with Crippen LogP contribution in [0.25, 0.3) is 43.6 Å². The largest absolute Gasteiger partial charge is 0.489 e. The molecule has 0 saturated carbocycles. The second-order valence-corrected chi connectivity index (χ2v) is 8.19. The highest BCUT2D eigenvalue weighted by molar-refractivity contribution is 6.39. The minimum Gasteiger partial charge on any atom is -0.489 e. The lowest BCUT2D eigenvalue weighted by Crippen LogP contribution is -2.20. The number of fused-ring (bicyclic) bond motifs is 10. The number of imide groups is 1. The Labute approximate surface area is 186 Å². The van der Waals surface area contributed by atoms with Crippen LogP contribution in [-0.4, -0.2) is 26.8 Å². The maximum absolute atomic E-state index is 12.9. The zero-order chi connectivity index (χ0) is 22.1. The van der Waals surface area contributed by atoms with E-state index in [0.29, 0.717) is 28.9 Å². The van der Waals surface area contributed by atoms with E-state index in [1.807, 2.05) is 54.6 Å². The van der Waals surface area contributed by atoms with Gasteiger partial charge >= 0.3 is 0 Å². The summed E-state index contributed by atoms with van der Waals surface area (Å²) < 4.78 is 5.99. The lowest BCUT2D eigenvalue weighted by Gasteiger charge is -2.06. The summed E-state index contributed by atoms with van der Waals surface area (Å²) in [5.74, 6) is -0.0542. The number of rotatable bonds is 3. The van der Waals surface area contributed by atoms with Gasteiger partial charge in [0.2, 0.25) is 0 Å². The van der Waals surface area contributed by atoms with E-state index >= 15 is 0 Å². The molecule has 7 rings (SSSR count). The fraction of sp³-hybridized carbons (Fsp3) is 0.0385. The Morgan fingerprint density at radius 2 is 1.52 bits per heavy atom. The average Bonchev–Trinajstić information content (AvgIpc) is 3.49. The number of pyridine rings is 1. The van der Waals surface area contributed by atoms with E-state index in [1.54, 1.807) is 12.4 Å². The first-order chi connectivity index (χ1) is 16.2.